The molecule has 0 aliphatic heterocycles. The lowest BCUT2D eigenvalue weighted by Gasteiger charge is -2.14. The van der Waals surface area contributed by atoms with Gasteiger partial charge in [-0.1, -0.05) is 0 Å². The molecule has 2 N–H and O–H groups in total. The number of carbonyl (C=O) groups excluding carboxylic acids is 2. The van der Waals surface area contributed by atoms with Crippen molar-refractivity contribution in [2.45, 2.75) is 20.8 Å². The van der Waals surface area contributed by atoms with Crippen molar-refractivity contribution in [2.75, 3.05) is 21.3 Å². The molecule has 3 rings (SSSR count). The van der Waals surface area contributed by atoms with Crippen LogP contribution in [0.4, 0.5) is 0 Å². The van der Waals surface area contributed by atoms with E-state index in [1.54, 1.807) is 6.92 Å². The Morgan fingerprint density at radius 2 is 1.50 bits per heavy atom. The molecule has 2 heterocycles. The minimum Gasteiger partial charge on any atom is -0.493 e. The highest BCUT2D eigenvalue weighted by atomic mass is 32.1. The van der Waals surface area contributed by atoms with Crippen LogP contribution in [0.5, 0.6) is 17.2 Å². The summed E-state index contributed by atoms with van der Waals surface area (Å²) in [4.78, 5) is 35.2. The molecule has 2 aromatic heterocycles. The third-order valence-corrected chi connectivity index (χ3v) is 5.69. The van der Waals surface area contributed by atoms with Crippen molar-refractivity contribution in [3.05, 3.63) is 39.7 Å². The number of carbonyl (C=O) groups is 2. The molecule has 3 aromatic rings. The van der Waals surface area contributed by atoms with Crippen LogP contribution in [0.3, 0.4) is 0 Å². The minimum absolute atomic E-state index is 0.232. The van der Waals surface area contributed by atoms with Gasteiger partial charge in [-0.25, -0.2) is 9.97 Å². The van der Waals surface area contributed by atoms with Crippen molar-refractivity contribution < 1.29 is 23.8 Å². The number of ether oxygens (including phenoxy) is 3. The lowest BCUT2D eigenvalue weighted by Crippen LogP contribution is -2.41. The first kappa shape index (κ1) is 21.3. The number of aryl methyl sites for hydroxylation is 3. The zero-order valence-corrected chi connectivity index (χ0v) is 18.3. The number of nitrogens with zero attached hydrogens (tertiary/aromatic N) is 2. The number of thiophene rings is 1. The fourth-order valence-corrected chi connectivity index (χ4v) is 4.32. The van der Waals surface area contributed by atoms with Gasteiger partial charge in [-0.15, -0.1) is 11.3 Å². The molecule has 2 amide bonds. The summed E-state index contributed by atoms with van der Waals surface area (Å²) in [6.45, 7) is 5.52. The number of aromatic nitrogens is 2. The zero-order chi connectivity index (χ0) is 22.0. The average molecular weight is 430 g/mol. The number of hydrazine groups is 1. The highest BCUT2D eigenvalue weighted by Crippen LogP contribution is 2.38. The Labute approximate surface area is 177 Å². The summed E-state index contributed by atoms with van der Waals surface area (Å²) in [6.07, 6.45) is 0. The van der Waals surface area contributed by atoms with Crippen molar-refractivity contribution in [2.24, 2.45) is 0 Å². The SMILES string of the molecule is COc1cc(C(=O)NNC(=O)c2sc3nc(C)nc(C)c3c2C)cc(OC)c1OC. The maximum absolute atomic E-state index is 12.7. The second kappa shape index (κ2) is 8.54. The number of benzene rings is 1. The molecule has 0 saturated carbocycles. The first-order valence-electron chi connectivity index (χ1n) is 8.95. The monoisotopic (exact) mass is 430 g/mol. The van der Waals surface area contributed by atoms with Crippen LogP contribution in [0.15, 0.2) is 12.1 Å². The van der Waals surface area contributed by atoms with Crippen LogP contribution in [0, 0.1) is 20.8 Å². The summed E-state index contributed by atoms with van der Waals surface area (Å²) in [5, 5.41) is 0.853. The Morgan fingerprint density at radius 3 is 2.07 bits per heavy atom. The van der Waals surface area contributed by atoms with E-state index in [9.17, 15) is 9.59 Å². The number of nitrogens with one attached hydrogen (secondary N) is 2. The first-order valence-corrected chi connectivity index (χ1v) is 9.77. The summed E-state index contributed by atoms with van der Waals surface area (Å²) in [6, 6.07) is 2.99. The summed E-state index contributed by atoms with van der Waals surface area (Å²) in [5.74, 6) is 0.704. The molecule has 0 atom stereocenters. The fraction of sp³-hybridized carbons (Fsp3) is 0.300. The van der Waals surface area contributed by atoms with Gasteiger partial charge in [-0.2, -0.15) is 0 Å². The molecule has 1 aromatic carbocycles. The third kappa shape index (κ3) is 3.86. The molecule has 0 fully saturated rings. The lowest BCUT2D eigenvalue weighted by atomic mass is 10.1. The van der Waals surface area contributed by atoms with Crippen LogP contribution in [-0.4, -0.2) is 43.1 Å². The van der Waals surface area contributed by atoms with Gasteiger partial charge in [0.05, 0.1) is 26.2 Å². The number of rotatable bonds is 5. The third-order valence-electron chi connectivity index (χ3n) is 4.51. The summed E-state index contributed by atoms with van der Waals surface area (Å²) in [7, 11) is 4.39. The molecule has 10 heteroatoms. The Morgan fingerprint density at radius 1 is 0.900 bits per heavy atom. The summed E-state index contributed by atoms with van der Waals surface area (Å²) >= 11 is 1.25. The standard InChI is InChI=1S/C20H22N4O5S/c1-9-15-10(2)21-11(3)22-20(15)30-17(9)19(26)24-23-18(25)12-7-13(27-4)16(29-6)14(8-12)28-5/h7-8H,1-6H3,(H,23,25)(H,24,26). The predicted molar refractivity (Wildman–Crippen MR) is 113 cm³/mol. The van der Waals surface area contributed by atoms with Crippen molar-refractivity contribution in [1.82, 2.24) is 20.8 Å². The van der Waals surface area contributed by atoms with E-state index in [2.05, 4.69) is 20.8 Å². The van der Waals surface area contributed by atoms with Gasteiger partial charge in [0.2, 0.25) is 5.75 Å². The van der Waals surface area contributed by atoms with E-state index in [-0.39, 0.29) is 5.56 Å². The van der Waals surface area contributed by atoms with Gasteiger partial charge in [0, 0.05) is 16.6 Å². The van der Waals surface area contributed by atoms with Gasteiger partial charge in [-0.3, -0.25) is 20.4 Å². The molecular weight excluding hydrogens is 408 g/mol. The van der Waals surface area contributed by atoms with E-state index >= 15 is 0 Å². The first-order chi connectivity index (χ1) is 14.3. The number of fused-ring (bicyclic) bond motifs is 1. The van der Waals surface area contributed by atoms with Crippen LogP contribution in [-0.2, 0) is 0 Å². The van der Waals surface area contributed by atoms with Crippen molar-refractivity contribution in [1.29, 1.82) is 0 Å². The highest BCUT2D eigenvalue weighted by molar-refractivity contribution is 7.20. The molecule has 158 valence electrons. The molecule has 0 aliphatic carbocycles. The van der Waals surface area contributed by atoms with Gasteiger partial charge < -0.3 is 14.2 Å². The van der Waals surface area contributed by atoms with Crippen LogP contribution in [0.2, 0.25) is 0 Å². The van der Waals surface area contributed by atoms with E-state index < -0.39 is 11.8 Å². The van der Waals surface area contributed by atoms with Crippen molar-refractivity contribution in [3.63, 3.8) is 0 Å². The van der Waals surface area contributed by atoms with Gasteiger partial charge >= 0.3 is 0 Å². The normalized spacial score (nSPS) is 10.6. The maximum atomic E-state index is 12.7. The Kier molecular flexibility index (Phi) is 6.06. The molecule has 0 saturated heterocycles. The van der Waals surface area contributed by atoms with Crippen molar-refractivity contribution >= 4 is 33.4 Å². The van der Waals surface area contributed by atoms with Crippen molar-refractivity contribution in [3.8, 4) is 17.2 Å². The maximum Gasteiger partial charge on any atom is 0.280 e. The van der Waals surface area contributed by atoms with Crippen LogP contribution < -0.4 is 25.1 Å². The molecule has 9 nitrogen and oxygen atoms in total. The molecule has 0 bridgehead atoms. The molecule has 30 heavy (non-hydrogen) atoms. The van der Waals surface area contributed by atoms with Gasteiger partial charge in [0.15, 0.2) is 11.5 Å². The summed E-state index contributed by atoms with van der Waals surface area (Å²) in [5.41, 5.74) is 6.68. The predicted octanol–water partition coefficient (Wildman–Crippen LogP) is 2.72. The topological polar surface area (TPSA) is 112 Å². The van der Waals surface area contributed by atoms with E-state index in [0.29, 0.717) is 28.0 Å². The van der Waals surface area contributed by atoms with Gasteiger partial charge in [0.25, 0.3) is 11.8 Å². The zero-order valence-electron chi connectivity index (χ0n) is 17.5. The van der Waals surface area contributed by atoms with Gasteiger partial charge in [-0.05, 0) is 38.5 Å². The average Bonchev–Trinajstić information content (AvgIpc) is 3.06. The molecule has 0 spiro atoms. The molecule has 0 aliphatic rings. The number of hydrogen-bond donors (Lipinski definition) is 2. The number of amides is 2. The lowest BCUT2D eigenvalue weighted by molar-refractivity contribution is 0.0848. The van der Waals surface area contributed by atoms with Crippen LogP contribution >= 0.6 is 11.3 Å². The number of hydrogen-bond acceptors (Lipinski definition) is 8. The smallest absolute Gasteiger partial charge is 0.280 e. The van der Waals surface area contributed by atoms with Crippen LogP contribution in [0.1, 0.15) is 37.1 Å². The van der Waals surface area contributed by atoms with E-state index in [0.717, 1.165) is 21.5 Å². The quantitative estimate of drug-likeness (QED) is 0.599. The molecule has 0 radical (unpaired) electrons. The largest absolute Gasteiger partial charge is 0.493 e. The molecular formula is C20H22N4O5S. The fourth-order valence-electron chi connectivity index (χ4n) is 3.14. The second-order valence-corrected chi connectivity index (χ2v) is 7.41. The minimum atomic E-state index is -0.534. The Bertz CT molecular complexity index is 1120. The van der Waals surface area contributed by atoms with E-state index in [4.69, 9.17) is 14.2 Å². The van der Waals surface area contributed by atoms with Gasteiger partial charge in [0.1, 0.15) is 10.7 Å². The van der Waals surface area contributed by atoms with E-state index in [1.165, 1.54) is 44.8 Å². The van der Waals surface area contributed by atoms with E-state index in [1.807, 2.05) is 13.8 Å². The Balaban J connectivity index is 1.81. The Hall–Kier alpha value is -3.40. The second-order valence-electron chi connectivity index (χ2n) is 6.41. The highest BCUT2D eigenvalue weighted by Gasteiger charge is 2.21. The van der Waals surface area contributed by atoms with Crippen LogP contribution in [0.25, 0.3) is 10.2 Å². The molecule has 0 unspecified atom stereocenters. The summed E-state index contributed by atoms with van der Waals surface area (Å²) < 4.78 is 15.8. The number of methoxy groups -OCH3 is 3.